The fourth-order valence-corrected chi connectivity index (χ4v) is 2.05. The first-order valence-corrected chi connectivity index (χ1v) is 6.23. The van der Waals surface area contributed by atoms with Crippen molar-refractivity contribution in [2.75, 3.05) is 33.5 Å². The Balaban J connectivity index is 2.64. The molecule has 1 aliphatic heterocycles. The molecule has 0 aromatic carbocycles. The standard InChI is InChI=1S/C12H22N2O5/c1-12(2,8-18-3)13-11(17)14-4-5-19-7-9(14)6-10(15)16/h9H,4-8H2,1-3H3,(H,13,17)(H,15,16). The highest BCUT2D eigenvalue weighted by molar-refractivity contribution is 5.76. The van der Waals surface area contributed by atoms with Crippen LogP contribution in [0.15, 0.2) is 0 Å². The number of nitrogens with zero attached hydrogens (tertiary/aromatic N) is 1. The average molecular weight is 274 g/mol. The summed E-state index contributed by atoms with van der Waals surface area (Å²) in [4.78, 5) is 24.5. The molecule has 1 rings (SSSR count). The molecule has 0 aromatic rings. The summed E-state index contributed by atoms with van der Waals surface area (Å²) in [7, 11) is 1.57. The highest BCUT2D eigenvalue weighted by Gasteiger charge is 2.31. The van der Waals surface area contributed by atoms with E-state index in [0.29, 0.717) is 19.8 Å². The number of morpholine rings is 1. The number of rotatable bonds is 5. The smallest absolute Gasteiger partial charge is 0.318 e. The summed E-state index contributed by atoms with van der Waals surface area (Å²) < 4.78 is 10.3. The van der Waals surface area contributed by atoms with Gasteiger partial charge in [0, 0.05) is 13.7 Å². The Morgan fingerprint density at radius 3 is 2.79 bits per heavy atom. The van der Waals surface area contributed by atoms with Gasteiger partial charge in [0.15, 0.2) is 0 Å². The fraction of sp³-hybridized carbons (Fsp3) is 0.833. The summed E-state index contributed by atoms with van der Waals surface area (Å²) in [5.41, 5.74) is -0.502. The van der Waals surface area contributed by atoms with Crippen molar-refractivity contribution in [3.8, 4) is 0 Å². The minimum atomic E-state index is -0.940. The summed E-state index contributed by atoms with van der Waals surface area (Å²) in [5.74, 6) is -0.940. The summed E-state index contributed by atoms with van der Waals surface area (Å²) >= 11 is 0. The number of aliphatic carboxylic acids is 1. The lowest BCUT2D eigenvalue weighted by atomic mass is 10.1. The Morgan fingerprint density at radius 2 is 2.21 bits per heavy atom. The molecule has 0 aromatic heterocycles. The number of urea groups is 1. The number of methoxy groups -OCH3 is 1. The molecular weight excluding hydrogens is 252 g/mol. The zero-order chi connectivity index (χ0) is 14.5. The largest absolute Gasteiger partial charge is 0.481 e. The SMILES string of the molecule is COCC(C)(C)NC(=O)N1CCOCC1CC(=O)O. The molecule has 1 fully saturated rings. The van der Waals surface area contributed by atoms with Crippen LogP contribution in [0.4, 0.5) is 4.79 Å². The number of ether oxygens (including phenoxy) is 2. The second-order valence-corrected chi connectivity index (χ2v) is 5.27. The number of amides is 2. The zero-order valence-corrected chi connectivity index (χ0v) is 11.6. The number of hydrogen-bond acceptors (Lipinski definition) is 4. The minimum absolute atomic E-state index is 0.113. The predicted molar refractivity (Wildman–Crippen MR) is 68.1 cm³/mol. The molecule has 2 N–H and O–H groups in total. The van der Waals surface area contributed by atoms with Gasteiger partial charge in [-0.15, -0.1) is 0 Å². The van der Waals surface area contributed by atoms with E-state index in [0.717, 1.165) is 0 Å². The Labute approximate surface area is 112 Å². The quantitative estimate of drug-likeness (QED) is 0.752. The van der Waals surface area contributed by atoms with Crippen LogP contribution in [-0.2, 0) is 14.3 Å². The van der Waals surface area contributed by atoms with E-state index in [4.69, 9.17) is 14.6 Å². The molecule has 0 spiro atoms. The van der Waals surface area contributed by atoms with Crippen molar-refractivity contribution in [2.24, 2.45) is 0 Å². The predicted octanol–water partition coefficient (Wildman–Crippen LogP) is 0.297. The van der Waals surface area contributed by atoms with Crippen molar-refractivity contribution in [3.63, 3.8) is 0 Å². The molecule has 0 radical (unpaired) electrons. The first kappa shape index (κ1) is 15.7. The van der Waals surface area contributed by atoms with Gasteiger partial charge < -0.3 is 24.8 Å². The van der Waals surface area contributed by atoms with E-state index in [1.54, 1.807) is 7.11 Å². The lowest BCUT2D eigenvalue weighted by Crippen LogP contribution is -2.58. The van der Waals surface area contributed by atoms with Gasteiger partial charge in [0.2, 0.25) is 0 Å². The minimum Gasteiger partial charge on any atom is -0.481 e. The van der Waals surface area contributed by atoms with Crippen LogP contribution in [0.3, 0.4) is 0 Å². The van der Waals surface area contributed by atoms with Crippen molar-refractivity contribution >= 4 is 12.0 Å². The lowest BCUT2D eigenvalue weighted by Gasteiger charge is -2.37. The van der Waals surface area contributed by atoms with E-state index in [1.165, 1.54) is 4.90 Å². The molecule has 7 heteroatoms. The van der Waals surface area contributed by atoms with Gasteiger partial charge in [-0.25, -0.2) is 4.79 Å². The monoisotopic (exact) mass is 274 g/mol. The van der Waals surface area contributed by atoms with E-state index < -0.39 is 17.6 Å². The maximum atomic E-state index is 12.2. The highest BCUT2D eigenvalue weighted by Crippen LogP contribution is 2.13. The summed E-state index contributed by atoms with van der Waals surface area (Å²) in [5, 5.41) is 11.7. The van der Waals surface area contributed by atoms with Crippen molar-refractivity contribution in [1.29, 1.82) is 0 Å². The van der Waals surface area contributed by atoms with E-state index in [1.807, 2.05) is 13.8 Å². The van der Waals surface area contributed by atoms with Gasteiger partial charge in [-0.3, -0.25) is 4.79 Å². The van der Waals surface area contributed by atoms with Crippen LogP contribution in [0.2, 0.25) is 0 Å². The number of carboxylic acids is 1. The molecule has 0 saturated carbocycles. The lowest BCUT2D eigenvalue weighted by molar-refractivity contribution is -0.139. The maximum Gasteiger partial charge on any atom is 0.318 e. The number of nitrogens with one attached hydrogen (secondary N) is 1. The zero-order valence-electron chi connectivity index (χ0n) is 11.6. The maximum absolute atomic E-state index is 12.2. The van der Waals surface area contributed by atoms with Gasteiger partial charge in [0.05, 0.1) is 37.8 Å². The van der Waals surface area contributed by atoms with Crippen LogP contribution in [0.1, 0.15) is 20.3 Å². The first-order chi connectivity index (χ1) is 8.85. The van der Waals surface area contributed by atoms with Crippen molar-refractivity contribution in [1.82, 2.24) is 10.2 Å². The van der Waals surface area contributed by atoms with E-state index >= 15 is 0 Å². The normalized spacial score (nSPS) is 20.2. The van der Waals surface area contributed by atoms with Gasteiger partial charge in [0.25, 0.3) is 0 Å². The van der Waals surface area contributed by atoms with Crippen LogP contribution in [-0.4, -0.2) is 67.1 Å². The van der Waals surface area contributed by atoms with Crippen molar-refractivity contribution in [2.45, 2.75) is 31.8 Å². The second kappa shape index (κ2) is 6.72. The Kier molecular flexibility index (Phi) is 5.56. The third kappa shape index (κ3) is 5.04. The molecular formula is C12H22N2O5. The number of hydrogen-bond donors (Lipinski definition) is 2. The molecule has 0 bridgehead atoms. The van der Waals surface area contributed by atoms with E-state index in [2.05, 4.69) is 5.32 Å². The third-order valence-corrected chi connectivity index (χ3v) is 2.85. The molecule has 110 valence electrons. The van der Waals surface area contributed by atoms with Crippen LogP contribution in [0, 0.1) is 0 Å². The second-order valence-electron chi connectivity index (χ2n) is 5.27. The van der Waals surface area contributed by atoms with Gasteiger partial charge in [-0.1, -0.05) is 0 Å². The van der Waals surface area contributed by atoms with E-state index in [9.17, 15) is 9.59 Å². The van der Waals surface area contributed by atoms with Crippen LogP contribution in [0.5, 0.6) is 0 Å². The molecule has 0 aliphatic carbocycles. The van der Waals surface area contributed by atoms with Crippen molar-refractivity contribution < 1.29 is 24.2 Å². The van der Waals surface area contributed by atoms with E-state index in [-0.39, 0.29) is 19.1 Å². The Hall–Kier alpha value is -1.34. The third-order valence-electron chi connectivity index (χ3n) is 2.85. The first-order valence-electron chi connectivity index (χ1n) is 6.23. The average Bonchev–Trinajstić information content (AvgIpc) is 2.27. The number of carbonyl (C=O) groups excluding carboxylic acids is 1. The summed E-state index contributed by atoms with van der Waals surface area (Å²) in [6, 6.07) is -0.707. The highest BCUT2D eigenvalue weighted by atomic mass is 16.5. The molecule has 1 saturated heterocycles. The Morgan fingerprint density at radius 1 is 1.53 bits per heavy atom. The molecule has 1 atom stereocenters. The fourth-order valence-electron chi connectivity index (χ4n) is 2.05. The molecule has 1 heterocycles. The van der Waals surface area contributed by atoms with Gasteiger partial charge in [-0.2, -0.15) is 0 Å². The summed E-state index contributed by atoms with van der Waals surface area (Å²) in [6.45, 7) is 5.15. The number of carboxylic acid groups (broad SMARTS) is 1. The van der Waals surface area contributed by atoms with Gasteiger partial charge in [-0.05, 0) is 13.8 Å². The van der Waals surface area contributed by atoms with Gasteiger partial charge in [0.1, 0.15) is 0 Å². The molecule has 7 nitrogen and oxygen atoms in total. The molecule has 2 amide bonds. The van der Waals surface area contributed by atoms with Gasteiger partial charge >= 0.3 is 12.0 Å². The topological polar surface area (TPSA) is 88.1 Å². The van der Waals surface area contributed by atoms with Crippen LogP contribution < -0.4 is 5.32 Å². The summed E-state index contributed by atoms with van der Waals surface area (Å²) in [6.07, 6.45) is -0.113. The van der Waals surface area contributed by atoms with Crippen LogP contribution >= 0.6 is 0 Å². The molecule has 1 unspecified atom stereocenters. The van der Waals surface area contributed by atoms with Crippen molar-refractivity contribution in [3.05, 3.63) is 0 Å². The molecule has 1 aliphatic rings. The van der Waals surface area contributed by atoms with Crippen LogP contribution in [0.25, 0.3) is 0 Å². The Bertz CT molecular complexity index is 332. The number of carbonyl (C=O) groups is 2. The molecule has 19 heavy (non-hydrogen) atoms.